The maximum absolute atomic E-state index is 13.1. The number of ether oxygens (including phenoxy) is 1. The fraction of sp³-hybridized carbons (Fsp3) is 0.111. The molecule has 27 heavy (non-hydrogen) atoms. The van der Waals surface area contributed by atoms with Crippen LogP contribution in [0.3, 0.4) is 0 Å². The van der Waals surface area contributed by atoms with Gasteiger partial charge in [-0.1, -0.05) is 0 Å². The summed E-state index contributed by atoms with van der Waals surface area (Å²) in [5, 5.41) is 9.14. The smallest absolute Gasteiger partial charge is 0.422 e. The van der Waals surface area contributed by atoms with Crippen LogP contribution in [0.4, 0.5) is 23.2 Å². The predicted octanol–water partition coefficient (Wildman–Crippen LogP) is 4.41. The Bertz CT molecular complexity index is 919. The molecule has 1 aromatic heterocycles. The van der Waals surface area contributed by atoms with Gasteiger partial charge >= 0.3 is 6.18 Å². The van der Waals surface area contributed by atoms with Crippen molar-refractivity contribution in [2.45, 2.75) is 6.18 Å². The van der Waals surface area contributed by atoms with Crippen molar-refractivity contribution >= 4 is 11.6 Å². The maximum atomic E-state index is 13.1. The molecule has 0 aliphatic rings. The third-order valence-corrected chi connectivity index (χ3v) is 3.53. The second kappa shape index (κ2) is 7.48. The summed E-state index contributed by atoms with van der Waals surface area (Å²) in [7, 11) is 0. The largest absolute Gasteiger partial charge is 0.484 e. The highest BCUT2D eigenvalue weighted by Gasteiger charge is 2.28. The zero-order valence-corrected chi connectivity index (χ0v) is 13.7. The van der Waals surface area contributed by atoms with Gasteiger partial charge in [0.2, 0.25) is 0 Å². The summed E-state index contributed by atoms with van der Waals surface area (Å²) in [6.45, 7) is -1.39. The Kier molecular flexibility index (Phi) is 5.11. The molecule has 1 heterocycles. The van der Waals surface area contributed by atoms with Crippen molar-refractivity contribution in [1.82, 2.24) is 10.2 Å². The summed E-state index contributed by atoms with van der Waals surface area (Å²) in [5.41, 5.74) is 1.59. The van der Waals surface area contributed by atoms with Crippen molar-refractivity contribution in [3.05, 3.63) is 66.1 Å². The predicted molar refractivity (Wildman–Crippen MR) is 89.9 cm³/mol. The number of aromatic amines is 1. The van der Waals surface area contributed by atoms with Gasteiger partial charge in [0.05, 0.1) is 17.5 Å². The van der Waals surface area contributed by atoms with Crippen LogP contribution in [-0.4, -0.2) is 28.9 Å². The van der Waals surface area contributed by atoms with E-state index in [4.69, 9.17) is 0 Å². The average Bonchev–Trinajstić information content (AvgIpc) is 3.11. The molecule has 0 saturated carbocycles. The van der Waals surface area contributed by atoms with E-state index in [1.807, 2.05) is 0 Å². The van der Waals surface area contributed by atoms with E-state index >= 15 is 0 Å². The SMILES string of the molecule is O=C(Nc1ccc(OCC(F)(F)F)cc1)c1cn[nH]c1-c1ccc(F)cc1. The number of carbonyl (C=O) groups excluding carboxylic acids is 1. The number of halogens is 4. The minimum Gasteiger partial charge on any atom is -0.484 e. The molecule has 2 aromatic carbocycles. The number of H-pyrrole nitrogens is 1. The van der Waals surface area contributed by atoms with Crippen LogP contribution in [-0.2, 0) is 0 Å². The number of hydrogen-bond acceptors (Lipinski definition) is 3. The number of nitrogens with zero attached hydrogens (tertiary/aromatic N) is 1. The molecular weight excluding hydrogens is 366 g/mol. The number of alkyl halides is 3. The Labute approximate surface area is 151 Å². The van der Waals surface area contributed by atoms with E-state index in [-0.39, 0.29) is 11.3 Å². The summed E-state index contributed by atoms with van der Waals surface area (Å²) < 4.78 is 54.1. The lowest BCUT2D eigenvalue weighted by Gasteiger charge is -2.10. The van der Waals surface area contributed by atoms with Gasteiger partial charge in [0, 0.05) is 11.3 Å². The Hall–Kier alpha value is -3.36. The van der Waals surface area contributed by atoms with Crippen LogP contribution >= 0.6 is 0 Å². The lowest BCUT2D eigenvalue weighted by molar-refractivity contribution is -0.153. The number of benzene rings is 2. The van der Waals surface area contributed by atoms with Gasteiger partial charge in [-0.25, -0.2) is 4.39 Å². The fourth-order valence-electron chi connectivity index (χ4n) is 2.29. The van der Waals surface area contributed by atoms with Crippen molar-refractivity contribution in [3.8, 4) is 17.0 Å². The normalized spacial score (nSPS) is 11.3. The lowest BCUT2D eigenvalue weighted by atomic mass is 10.1. The number of rotatable bonds is 5. The molecule has 140 valence electrons. The first kappa shape index (κ1) is 18.4. The maximum Gasteiger partial charge on any atom is 0.422 e. The molecule has 0 unspecified atom stereocenters. The quantitative estimate of drug-likeness (QED) is 0.646. The molecule has 0 bridgehead atoms. The number of aromatic nitrogens is 2. The molecule has 0 fully saturated rings. The first-order chi connectivity index (χ1) is 12.8. The summed E-state index contributed by atoms with van der Waals surface area (Å²) >= 11 is 0. The summed E-state index contributed by atoms with van der Waals surface area (Å²) in [6.07, 6.45) is -3.10. The molecular formula is C18H13F4N3O2. The lowest BCUT2D eigenvalue weighted by Crippen LogP contribution is -2.19. The van der Waals surface area contributed by atoms with Crippen molar-refractivity contribution in [2.24, 2.45) is 0 Å². The third-order valence-electron chi connectivity index (χ3n) is 3.53. The van der Waals surface area contributed by atoms with Crippen LogP contribution in [0, 0.1) is 5.82 Å². The monoisotopic (exact) mass is 379 g/mol. The van der Waals surface area contributed by atoms with Crippen LogP contribution in [0.25, 0.3) is 11.3 Å². The summed E-state index contributed by atoms with van der Waals surface area (Å²) in [4.78, 5) is 12.5. The van der Waals surface area contributed by atoms with Gasteiger partial charge in [-0.05, 0) is 48.5 Å². The zero-order chi connectivity index (χ0) is 19.4. The van der Waals surface area contributed by atoms with E-state index in [0.717, 1.165) is 0 Å². The molecule has 0 saturated heterocycles. The first-order valence-electron chi connectivity index (χ1n) is 7.72. The van der Waals surface area contributed by atoms with Gasteiger partial charge in [0.15, 0.2) is 6.61 Å². The van der Waals surface area contributed by atoms with E-state index in [1.54, 1.807) is 0 Å². The highest BCUT2D eigenvalue weighted by molar-refractivity contribution is 6.08. The van der Waals surface area contributed by atoms with Crippen molar-refractivity contribution in [3.63, 3.8) is 0 Å². The second-order valence-electron chi connectivity index (χ2n) is 5.55. The van der Waals surface area contributed by atoms with Crippen molar-refractivity contribution in [1.29, 1.82) is 0 Å². The van der Waals surface area contributed by atoms with Crippen LogP contribution in [0.5, 0.6) is 5.75 Å². The number of anilines is 1. The number of amides is 1. The Morgan fingerprint density at radius 2 is 1.74 bits per heavy atom. The Morgan fingerprint density at radius 3 is 2.37 bits per heavy atom. The van der Waals surface area contributed by atoms with E-state index in [9.17, 15) is 22.4 Å². The van der Waals surface area contributed by atoms with Gasteiger partial charge < -0.3 is 10.1 Å². The van der Waals surface area contributed by atoms with Gasteiger partial charge in [-0.15, -0.1) is 0 Å². The van der Waals surface area contributed by atoms with Crippen molar-refractivity contribution < 1.29 is 27.1 Å². The number of hydrogen-bond donors (Lipinski definition) is 2. The molecule has 5 nitrogen and oxygen atoms in total. The molecule has 9 heteroatoms. The van der Waals surface area contributed by atoms with Crippen LogP contribution in [0.2, 0.25) is 0 Å². The molecule has 1 amide bonds. The Morgan fingerprint density at radius 1 is 1.07 bits per heavy atom. The minimum absolute atomic E-state index is 0.0284. The van der Waals surface area contributed by atoms with Gasteiger partial charge in [0.1, 0.15) is 11.6 Å². The van der Waals surface area contributed by atoms with E-state index < -0.39 is 24.5 Å². The molecule has 0 atom stereocenters. The van der Waals surface area contributed by atoms with E-state index in [1.165, 1.54) is 54.7 Å². The fourth-order valence-corrected chi connectivity index (χ4v) is 2.29. The van der Waals surface area contributed by atoms with Crippen LogP contribution < -0.4 is 10.1 Å². The number of nitrogens with one attached hydrogen (secondary N) is 2. The molecule has 0 aliphatic carbocycles. The number of carbonyl (C=O) groups is 1. The average molecular weight is 379 g/mol. The van der Waals surface area contributed by atoms with Crippen LogP contribution in [0.15, 0.2) is 54.7 Å². The third kappa shape index (κ3) is 4.84. The van der Waals surface area contributed by atoms with Gasteiger partial charge in [-0.3, -0.25) is 9.89 Å². The summed E-state index contributed by atoms with van der Waals surface area (Å²) in [5.74, 6) is -0.857. The molecule has 3 aromatic rings. The standard InChI is InChI=1S/C18H13F4N3O2/c19-12-3-1-11(2-4-12)16-15(9-23-25-16)17(26)24-13-5-7-14(8-6-13)27-10-18(20,21)22/h1-9H,10H2,(H,23,25)(H,24,26). The topological polar surface area (TPSA) is 67.0 Å². The Balaban J connectivity index is 1.69. The molecule has 2 N–H and O–H groups in total. The molecule has 0 radical (unpaired) electrons. The van der Waals surface area contributed by atoms with Gasteiger partial charge in [-0.2, -0.15) is 18.3 Å². The van der Waals surface area contributed by atoms with Crippen molar-refractivity contribution in [2.75, 3.05) is 11.9 Å². The zero-order valence-electron chi connectivity index (χ0n) is 13.7. The minimum atomic E-state index is -4.43. The van der Waals surface area contributed by atoms with E-state index in [0.29, 0.717) is 16.9 Å². The van der Waals surface area contributed by atoms with Crippen LogP contribution in [0.1, 0.15) is 10.4 Å². The molecule has 0 spiro atoms. The highest BCUT2D eigenvalue weighted by atomic mass is 19.4. The molecule has 0 aliphatic heterocycles. The molecule has 3 rings (SSSR count). The van der Waals surface area contributed by atoms with E-state index in [2.05, 4.69) is 20.3 Å². The second-order valence-corrected chi connectivity index (χ2v) is 5.55. The highest BCUT2D eigenvalue weighted by Crippen LogP contribution is 2.24. The van der Waals surface area contributed by atoms with Gasteiger partial charge in [0.25, 0.3) is 5.91 Å². The first-order valence-corrected chi connectivity index (χ1v) is 7.72. The summed E-state index contributed by atoms with van der Waals surface area (Å²) in [6, 6.07) is 11.0.